The first-order valence-corrected chi connectivity index (χ1v) is 12.7. The van der Waals surface area contributed by atoms with Gasteiger partial charge in [-0.1, -0.05) is 49.8 Å². The highest BCUT2D eigenvalue weighted by atomic mass is 19.4. The Balaban J connectivity index is 1.37. The van der Waals surface area contributed by atoms with Crippen LogP contribution in [-0.2, 0) is 9.59 Å². The summed E-state index contributed by atoms with van der Waals surface area (Å²) in [7, 11) is 0. The van der Waals surface area contributed by atoms with Gasteiger partial charge in [0.15, 0.2) is 11.8 Å². The summed E-state index contributed by atoms with van der Waals surface area (Å²) >= 11 is 0. The van der Waals surface area contributed by atoms with Crippen molar-refractivity contribution >= 4 is 11.7 Å². The number of carbonyl (C=O) groups excluding carboxylic acids is 2. The molecule has 1 unspecified atom stereocenters. The molecule has 4 aliphatic rings. The number of nitrogens with one attached hydrogen (secondary N) is 1. The number of fused-ring (bicyclic) bond motifs is 5. The molecule has 0 bridgehead atoms. The van der Waals surface area contributed by atoms with Crippen molar-refractivity contribution in [3.63, 3.8) is 0 Å². The van der Waals surface area contributed by atoms with E-state index in [2.05, 4.69) is 19.2 Å². The lowest BCUT2D eigenvalue weighted by Crippen LogP contribution is -2.52. The molecule has 1 amide bonds. The maximum Gasteiger partial charge on any atom is 0.412 e. The first-order chi connectivity index (χ1) is 16.0. The molecule has 3 fully saturated rings. The average molecular weight is 474 g/mol. The minimum Gasteiger partial charge on any atom is -0.341 e. The Labute approximate surface area is 199 Å². The number of ketones is 1. The molecule has 1 aromatic carbocycles. The molecule has 1 aromatic rings. The third-order valence-electron chi connectivity index (χ3n) is 10.0. The second-order valence-electron chi connectivity index (χ2n) is 11.5. The van der Waals surface area contributed by atoms with Crippen LogP contribution >= 0.6 is 0 Å². The number of hydrogen-bond donors (Lipinski definition) is 1. The molecular weight excluding hydrogens is 439 g/mol. The molecule has 34 heavy (non-hydrogen) atoms. The summed E-state index contributed by atoms with van der Waals surface area (Å²) in [5.74, 6) is 0.693. The molecule has 0 aliphatic heterocycles. The van der Waals surface area contributed by atoms with E-state index in [9.17, 15) is 22.8 Å². The summed E-state index contributed by atoms with van der Waals surface area (Å²) in [4.78, 5) is 25.4. The number of benzene rings is 1. The van der Waals surface area contributed by atoms with Crippen molar-refractivity contribution < 1.29 is 22.8 Å². The Hall–Kier alpha value is -2.11. The summed E-state index contributed by atoms with van der Waals surface area (Å²) in [6.45, 7) is 4.46. The lowest BCUT2D eigenvalue weighted by Gasteiger charge is -2.58. The Kier molecular flexibility index (Phi) is 5.72. The second kappa shape index (κ2) is 8.23. The van der Waals surface area contributed by atoms with Crippen molar-refractivity contribution in [3.05, 3.63) is 47.5 Å². The largest absolute Gasteiger partial charge is 0.412 e. The van der Waals surface area contributed by atoms with Crippen LogP contribution in [0.4, 0.5) is 13.2 Å². The van der Waals surface area contributed by atoms with Gasteiger partial charge in [0.05, 0.1) is 0 Å². The van der Waals surface area contributed by atoms with Gasteiger partial charge in [-0.25, -0.2) is 0 Å². The van der Waals surface area contributed by atoms with Crippen molar-refractivity contribution in [2.75, 3.05) is 0 Å². The fourth-order valence-electron chi connectivity index (χ4n) is 8.23. The number of halogens is 3. The van der Waals surface area contributed by atoms with Crippen molar-refractivity contribution in [2.24, 2.45) is 34.5 Å². The minimum absolute atomic E-state index is 0.0488. The summed E-state index contributed by atoms with van der Waals surface area (Å²) in [5, 5.41) is 2.39. The van der Waals surface area contributed by atoms with E-state index in [0.29, 0.717) is 30.6 Å². The van der Waals surface area contributed by atoms with Crippen LogP contribution in [0.5, 0.6) is 0 Å². The maximum absolute atomic E-state index is 13.9. The Morgan fingerprint density at radius 3 is 2.44 bits per heavy atom. The molecule has 6 heteroatoms. The monoisotopic (exact) mass is 473 g/mol. The molecule has 4 aliphatic carbocycles. The SMILES string of the molecule is C[C@]12CC[C@H]3[C@@H](CCC4=CC(=O)CC[C@@]43C)[C@@H]1CC[C@@H]2C(=O)NC(c1ccccc1)C(F)(F)F. The molecule has 0 radical (unpaired) electrons. The van der Waals surface area contributed by atoms with E-state index in [1.165, 1.54) is 17.7 Å². The molecule has 0 aromatic heterocycles. The zero-order valence-corrected chi connectivity index (χ0v) is 20.0. The van der Waals surface area contributed by atoms with Gasteiger partial charge in [-0.2, -0.15) is 13.2 Å². The number of amides is 1. The zero-order chi connectivity index (χ0) is 24.3. The van der Waals surface area contributed by atoms with E-state index in [1.54, 1.807) is 18.2 Å². The van der Waals surface area contributed by atoms with E-state index in [4.69, 9.17) is 0 Å². The van der Waals surface area contributed by atoms with Gasteiger partial charge in [0.2, 0.25) is 5.91 Å². The summed E-state index contributed by atoms with van der Waals surface area (Å²) in [6.07, 6.45) is 4.16. The second-order valence-corrected chi connectivity index (χ2v) is 11.5. The van der Waals surface area contributed by atoms with Gasteiger partial charge in [0.1, 0.15) is 0 Å². The number of rotatable bonds is 3. The fourth-order valence-corrected chi connectivity index (χ4v) is 8.23. The van der Waals surface area contributed by atoms with E-state index in [1.807, 2.05) is 6.08 Å². The van der Waals surface area contributed by atoms with E-state index in [0.717, 1.165) is 38.5 Å². The number of allylic oxidation sites excluding steroid dienone is 1. The highest BCUT2D eigenvalue weighted by molar-refractivity contribution is 5.91. The van der Waals surface area contributed by atoms with Gasteiger partial charge in [-0.05, 0) is 85.2 Å². The lowest BCUT2D eigenvalue weighted by atomic mass is 9.47. The molecule has 0 saturated heterocycles. The van der Waals surface area contributed by atoms with E-state index < -0.39 is 24.0 Å². The highest BCUT2D eigenvalue weighted by Crippen LogP contribution is 2.66. The fraction of sp³-hybridized carbons (Fsp3) is 0.643. The topological polar surface area (TPSA) is 46.2 Å². The number of hydrogen-bond acceptors (Lipinski definition) is 2. The normalized spacial score (nSPS) is 38.3. The van der Waals surface area contributed by atoms with Gasteiger partial charge < -0.3 is 5.32 Å². The number of carbonyl (C=O) groups is 2. The molecule has 0 heterocycles. The van der Waals surface area contributed by atoms with Crippen molar-refractivity contribution in [2.45, 2.75) is 77.4 Å². The van der Waals surface area contributed by atoms with Crippen molar-refractivity contribution in [1.29, 1.82) is 0 Å². The van der Waals surface area contributed by atoms with Crippen LogP contribution in [0, 0.1) is 34.5 Å². The molecule has 1 N–H and O–H groups in total. The van der Waals surface area contributed by atoms with E-state index in [-0.39, 0.29) is 22.2 Å². The van der Waals surface area contributed by atoms with Gasteiger partial charge in [0.25, 0.3) is 0 Å². The van der Waals surface area contributed by atoms with Gasteiger partial charge in [-0.15, -0.1) is 0 Å². The van der Waals surface area contributed by atoms with Gasteiger partial charge in [-0.3, -0.25) is 9.59 Å². The number of alkyl halides is 3. The standard InChI is InChI=1S/C28H34F3NO2/c1-26-14-12-19(33)16-18(26)8-9-20-21-10-11-23(27(21,2)15-13-22(20)26)25(34)32-24(28(29,30)31)17-6-4-3-5-7-17/h3-7,16,20-24H,8-15H2,1-2H3,(H,32,34)/t20-,21-,22-,23+,24?,26-,27-/m0/s1. The van der Waals surface area contributed by atoms with Crippen LogP contribution in [0.2, 0.25) is 0 Å². The van der Waals surface area contributed by atoms with Crippen molar-refractivity contribution in [1.82, 2.24) is 5.32 Å². The first kappa shape index (κ1) is 23.6. The Morgan fingerprint density at radius 1 is 1.00 bits per heavy atom. The van der Waals surface area contributed by atoms with Crippen LogP contribution in [0.1, 0.15) is 76.8 Å². The molecular formula is C28H34F3NO2. The quantitative estimate of drug-likeness (QED) is 0.541. The molecule has 184 valence electrons. The smallest absolute Gasteiger partial charge is 0.341 e. The molecule has 3 saturated carbocycles. The maximum atomic E-state index is 13.9. The van der Waals surface area contributed by atoms with Gasteiger partial charge in [0, 0.05) is 12.3 Å². The highest BCUT2D eigenvalue weighted by Gasteiger charge is 2.60. The predicted octanol–water partition coefficient (Wildman–Crippen LogP) is 6.55. The summed E-state index contributed by atoms with van der Waals surface area (Å²) < 4.78 is 41.7. The zero-order valence-electron chi connectivity index (χ0n) is 20.0. The van der Waals surface area contributed by atoms with E-state index >= 15 is 0 Å². The summed E-state index contributed by atoms with van der Waals surface area (Å²) in [6, 6.07) is 5.67. The Morgan fingerprint density at radius 2 is 1.74 bits per heavy atom. The Bertz CT molecular complexity index is 1000. The van der Waals surface area contributed by atoms with Gasteiger partial charge >= 0.3 is 6.18 Å². The first-order valence-electron chi connectivity index (χ1n) is 12.7. The average Bonchev–Trinajstić information content (AvgIpc) is 3.15. The molecule has 0 spiro atoms. The lowest BCUT2D eigenvalue weighted by molar-refractivity contribution is -0.166. The van der Waals surface area contributed by atoms with Crippen LogP contribution in [-0.4, -0.2) is 17.9 Å². The molecule has 5 rings (SSSR count). The molecule has 3 nitrogen and oxygen atoms in total. The van der Waals surface area contributed by atoms with Crippen LogP contribution in [0.25, 0.3) is 0 Å². The third kappa shape index (κ3) is 3.72. The summed E-state index contributed by atoms with van der Waals surface area (Å²) in [5.41, 5.74) is 1.14. The molecule has 7 atom stereocenters. The van der Waals surface area contributed by atoms with Crippen LogP contribution < -0.4 is 5.32 Å². The van der Waals surface area contributed by atoms with Crippen LogP contribution in [0.3, 0.4) is 0 Å². The van der Waals surface area contributed by atoms with Crippen LogP contribution in [0.15, 0.2) is 42.0 Å². The third-order valence-corrected chi connectivity index (χ3v) is 10.0. The predicted molar refractivity (Wildman–Crippen MR) is 124 cm³/mol. The minimum atomic E-state index is -4.55. The van der Waals surface area contributed by atoms with Crippen molar-refractivity contribution in [3.8, 4) is 0 Å².